The normalized spacial score (nSPS) is 23.5. The van der Waals surface area contributed by atoms with E-state index < -0.39 is 6.10 Å². The molecule has 0 amide bonds. The molecule has 21 heavy (non-hydrogen) atoms. The first-order valence-electron chi connectivity index (χ1n) is 8.55. The number of ether oxygens (including phenoxy) is 1. The number of rotatable bonds is 5. The number of benzene rings is 1. The van der Waals surface area contributed by atoms with Gasteiger partial charge in [0, 0.05) is 13.5 Å². The second-order valence-corrected chi connectivity index (χ2v) is 6.96. The van der Waals surface area contributed by atoms with Crippen molar-refractivity contribution < 1.29 is 9.84 Å². The van der Waals surface area contributed by atoms with Gasteiger partial charge in [-0.2, -0.15) is 0 Å². The molecule has 3 rings (SSSR count). The number of aliphatic hydroxyl groups excluding tert-OH is 1. The van der Waals surface area contributed by atoms with Crippen molar-refractivity contribution >= 4 is 0 Å². The summed E-state index contributed by atoms with van der Waals surface area (Å²) in [7, 11) is 1.78. The van der Waals surface area contributed by atoms with E-state index in [1.807, 2.05) is 0 Å². The maximum Gasteiger partial charge on any atom is 0.0817 e. The van der Waals surface area contributed by atoms with Crippen LogP contribution in [-0.2, 0) is 4.74 Å². The third-order valence-corrected chi connectivity index (χ3v) is 5.66. The summed E-state index contributed by atoms with van der Waals surface area (Å²) in [5.74, 6) is 0.738. The molecule has 0 spiro atoms. The molecule has 0 heterocycles. The molecular weight excluding hydrogens is 260 g/mol. The molecule has 2 saturated carbocycles. The highest BCUT2D eigenvalue weighted by atomic mass is 16.5. The van der Waals surface area contributed by atoms with Crippen LogP contribution in [0, 0.1) is 0 Å². The van der Waals surface area contributed by atoms with E-state index in [4.69, 9.17) is 4.74 Å². The average molecular weight is 288 g/mol. The molecule has 2 aliphatic rings. The zero-order chi connectivity index (χ0) is 14.7. The lowest BCUT2D eigenvalue weighted by Crippen LogP contribution is -2.40. The number of methoxy groups -OCH3 is 1. The summed E-state index contributed by atoms with van der Waals surface area (Å²) < 4.78 is 5.62. The predicted molar refractivity (Wildman–Crippen MR) is 85.4 cm³/mol. The van der Waals surface area contributed by atoms with Gasteiger partial charge in [-0.05, 0) is 49.1 Å². The van der Waals surface area contributed by atoms with Crippen LogP contribution in [0.2, 0.25) is 0 Å². The van der Waals surface area contributed by atoms with Crippen LogP contribution < -0.4 is 0 Å². The Morgan fingerprint density at radius 2 is 1.76 bits per heavy atom. The van der Waals surface area contributed by atoms with Gasteiger partial charge in [0.1, 0.15) is 0 Å². The smallest absolute Gasteiger partial charge is 0.0817 e. The first kappa shape index (κ1) is 15.1. The van der Waals surface area contributed by atoms with Crippen LogP contribution in [0.3, 0.4) is 0 Å². The highest BCUT2D eigenvalue weighted by Gasteiger charge is 2.39. The maximum absolute atomic E-state index is 10.5. The van der Waals surface area contributed by atoms with Gasteiger partial charge in [0.25, 0.3) is 0 Å². The first-order chi connectivity index (χ1) is 10.2. The third kappa shape index (κ3) is 3.32. The van der Waals surface area contributed by atoms with Crippen LogP contribution in [0.1, 0.15) is 80.9 Å². The minimum atomic E-state index is -0.398. The van der Waals surface area contributed by atoms with Gasteiger partial charge < -0.3 is 9.84 Å². The number of aliphatic hydroxyl groups is 1. The Morgan fingerprint density at radius 1 is 1.10 bits per heavy atom. The summed E-state index contributed by atoms with van der Waals surface area (Å²) in [5.41, 5.74) is 2.43. The lowest BCUT2D eigenvalue weighted by atomic mass is 9.75. The fourth-order valence-corrected chi connectivity index (χ4v) is 3.96. The van der Waals surface area contributed by atoms with E-state index in [1.165, 1.54) is 44.1 Å². The molecule has 0 saturated heterocycles. The lowest BCUT2D eigenvalue weighted by molar-refractivity contribution is -0.0999. The van der Waals surface area contributed by atoms with E-state index >= 15 is 0 Å². The first-order valence-corrected chi connectivity index (χ1v) is 8.55. The molecule has 1 aromatic rings. The van der Waals surface area contributed by atoms with Crippen molar-refractivity contribution in [3.8, 4) is 0 Å². The molecule has 0 radical (unpaired) electrons. The SMILES string of the molecule is COC1(CC(O)c2ccc(C3CCCCC3)cc2)CCC1. The van der Waals surface area contributed by atoms with E-state index in [0.29, 0.717) is 0 Å². The summed E-state index contributed by atoms with van der Waals surface area (Å²) in [4.78, 5) is 0. The van der Waals surface area contributed by atoms with Gasteiger partial charge in [-0.3, -0.25) is 0 Å². The highest BCUT2D eigenvalue weighted by molar-refractivity contribution is 5.27. The molecular formula is C19H28O2. The van der Waals surface area contributed by atoms with Crippen LogP contribution in [0.4, 0.5) is 0 Å². The number of hydrogen-bond donors (Lipinski definition) is 1. The molecule has 1 aromatic carbocycles. The maximum atomic E-state index is 10.5. The van der Waals surface area contributed by atoms with E-state index in [1.54, 1.807) is 7.11 Å². The second kappa shape index (κ2) is 6.50. The molecule has 1 N–H and O–H groups in total. The van der Waals surface area contributed by atoms with Crippen molar-refractivity contribution in [3.05, 3.63) is 35.4 Å². The van der Waals surface area contributed by atoms with E-state index in [-0.39, 0.29) is 5.60 Å². The van der Waals surface area contributed by atoms with Gasteiger partial charge in [0.15, 0.2) is 0 Å². The van der Waals surface area contributed by atoms with Crippen molar-refractivity contribution in [3.63, 3.8) is 0 Å². The van der Waals surface area contributed by atoms with Crippen molar-refractivity contribution in [2.75, 3.05) is 7.11 Å². The van der Waals surface area contributed by atoms with E-state index in [2.05, 4.69) is 24.3 Å². The minimum Gasteiger partial charge on any atom is -0.388 e. The summed E-state index contributed by atoms with van der Waals surface area (Å²) >= 11 is 0. The quantitative estimate of drug-likeness (QED) is 0.849. The Balaban J connectivity index is 1.63. The zero-order valence-electron chi connectivity index (χ0n) is 13.2. The van der Waals surface area contributed by atoms with E-state index in [9.17, 15) is 5.11 Å². The Labute approximate surface area is 128 Å². The standard InChI is InChI=1S/C19H28O2/c1-21-19(12-5-13-19)14-18(20)17-10-8-16(9-11-17)15-6-3-2-4-7-15/h8-11,15,18,20H,2-7,12-14H2,1H3. The Kier molecular flexibility index (Phi) is 4.66. The molecule has 0 aliphatic heterocycles. The summed E-state index contributed by atoms with van der Waals surface area (Å²) in [6.07, 6.45) is 10.5. The summed E-state index contributed by atoms with van der Waals surface area (Å²) in [6, 6.07) is 8.71. The summed E-state index contributed by atoms with van der Waals surface area (Å²) in [5, 5.41) is 10.5. The van der Waals surface area contributed by atoms with Crippen molar-refractivity contribution in [2.24, 2.45) is 0 Å². The molecule has 0 aromatic heterocycles. The third-order valence-electron chi connectivity index (χ3n) is 5.66. The van der Waals surface area contributed by atoms with Gasteiger partial charge in [-0.15, -0.1) is 0 Å². The predicted octanol–water partition coefficient (Wildman–Crippen LogP) is 4.73. The van der Waals surface area contributed by atoms with Crippen LogP contribution >= 0.6 is 0 Å². The minimum absolute atomic E-state index is 0.0680. The fraction of sp³-hybridized carbons (Fsp3) is 0.684. The van der Waals surface area contributed by atoms with Crippen LogP contribution in [0.25, 0.3) is 0 Å². The number of hydrogen-bond acceptors (Lipinski definition) is 2. The fourth-order valence-electron chi connectivity index (χ4n) is 3.96. The molecule has 2 aliphatic carbocycles. The Morgan fingerprint density at radius 3 is 2.29 bits per heavy atom. The van der Waals surface area contributed by atoms with Crippen molar-refractivity contribution in [1.29, 1.82) is 0 Å². The van der Waals surface area contributed by atoms with Crippen LogP contribution in [0.5, 0.6) is 0 Å². The highest BCUT2D eigenvalue weighted by Crippen LogP contribution is 2.42. The molecule has 1 atom stereocenters. The zero-order valence-corrected chi connectivity index (χ0v) is 13.2. The van der Waals surface area contributed by atoms with Gasteiger partial charge in [-0.1, -0.05) is 43.5 Å². The van der Waals surface area contributed by atoms with Crippen LogP contribution in [-0.4, -0.2) is 17.8 Å². The van der Waals surface area contributed by atoms with Gasteiger partial charge >= 0.3 is 0 Å². The topological polar surface area (TPSA) is 29.5 Å². The largest absolute Gasteiger partial charge is 0.388 e. The molecule has 1 unspecified atom stereocenters. The van der Waals surface area contributed by atoms with Crippen molar-refractivity contribution in [1.82, 2.24) is 0 Å². The summed E-state index contributed by atoms with van der Waals surface area (Å²) in [6.45, 7) is 0. The monoisotopic (exact) mass is 288 g/mol. The molecule has 2 heteroatoms. The van der Waals surface area contributed by atoms with Gasteiger partial charge in [0.05, 0.1) is 11.7 Å². The van der Waals surface area contributed by atoms with Crippen molar-refractivity contribution in [2.45, 2.75) is 75.4 Å². The molecule has 116 valence electrons. The molecule has 2 nitrogen and oxygen atoms in total. The lowest BCUT2D eigenvalue weighted by Gasteiger charge is -2.41. The second-order valence-electron chi connectivity index (χ2n) is 6.96. The van der Waals surface area contributed by atoms with Gasteiger partial charge in [-0.25, -0.2) is 0 Å². The van der Waals surface area contributed by atoms with Crippen LogP contribution in [0.15, 0.2) is 24.3 Å². The van der Waals surface area contributed by atoms with E-state index in [0.717, 1.165) is 30.7 Å². The Bertz CT molecular complexity index is 436. The van der Waals surface area contributed by atoms with Gasteiger partial charge in [0.2, 0.25) is 0 Å². The molecule has 2 fully saturated rings. The molecule has 0 bridgehead atoms. The Hall–Kier alpha value is -0.860. The average Bonchev–Trinajstić information content (AvgIpc) is 2.52.